The Morgan fingerprint density at radius 3 is 2.38 bits per heavy atom. The van der Waals surface area contributed by atoms with Crippen LogP contribution in [0.4, 0.5) is 5.69 Å². The second-order valence-corrected chi connectivity index (χ2v) is 9.38. The van der Waals surface area contributed by atoms with Crippen LogP contribution < -0.4 is 16.6 Å². The van der Waals surface area contributed by atoms with E-state index in [2.05, 4.69) is 5.32 Å². The summed E-state index contributed by atoms with van der Waals surface area (Å²) in [5, 5.41) is 2.63. The van der Waals surface area contributed by atoms with Crippen molar-refractivity contribution in [3.8, 4) is 0 Å². The Hall–Kier alpha value is -3.57. The molecule has 32 heavy (non-hydrogen) atoms. The van der Waals surface area contributed by atoms with Crippen LogP contribution in [0.2, 0.25) is 0 Å². The number of aryl methyl sites for hydroxylation is 1. The molecule has 1 aromatic heterocycles. The molecule has 3 rings (SSSR count). The Bertz CT molecular complexity index is 1470. The topological polar surface area (TPSA) is 128 Å². The first kappa shape index (κ1) is 23.1. The molecule has 0 aliphatic carbocycles. The van der Waals surface area contributed by atoms with E-state index in [4.69, 9.17) is 0 Å². The summed E-state index contributed by atoms with van der Waals surface area (Å²) in [5.41, 5.74) is -0.0750. The predicted molar refractivity (Wildman–Crippen MR) is 119 cm³/mol. The Balaban J connectivity index is 1.87. The maximum Gasteiger partial charge on any atom is 0.330 e. The lowest BCUT2D eigenvalue weighted by Crippen LogP contribution is -2.37. The SMILES string of the molecule is CC(=O)c1cccc(NC(=O)CN(C)S(=O)(=O)c2ccc3c(c2)c(=O)n(C)c(=O)n3C)c1. The minimum absolute atomic E-state index is 0.0644. The highest BCUT2D eigenvalue weighted by Crippen LogP contribution is 2.19. The monoisotopic (exact) mass is 458 g/mol. The number of benzene rings is 2. The molecule has 0 saturated carbocycles. The summed E-state index contributed by atoms with van der Waals surface area (Å²) in [6.45, 7) is 0.909. The number of Topliss-reactive ketones (excluding diaryl/α,β-unsaturated/α-hetero) is 1. The van der Waals surface area contributed by atoms with E-state index in [0.29, 0.717) is 16.8 Å². The molecule has 0 aliphatic rings. The number of carbonyl (C=O) groups is 2. The van der Waals surface area contributed by atoms with Crippen LogP contribution in [0, 0.1) is 0 Å². The Morgan fingerprint density at radius 1 is 1.03 bits per heavy atom. The van der Waals surface area contributed by atoms with Gasteiger partial charge in [0, 0.05) is 32.4 Å². The van der Waals surface area contributed by atoms with Gasteiger partial charge in [0.1, 0.15) is 0 Å². The normalized spacial score (nSPS) is 11.7. The maximum absolute atomic E-state index is 13.0. The van der Waals surface area contributed by atoms with Crippen LogP contribution in [0.5, 0.6) is 0 Å². The molecule has 1 heterocycles. The quantitative estimate of drug-likeness (QED) is 0.542. The highest BCUT2D eigenvalue weighted by atomic mass is 32.2. The van der Waals surface area contributed by atoms with Gasteiger partial charge in [-0.15, -0.1) is 0 Å². The third-order valence-electron chi connectivity index (χ3n) is 5.07. The van der Waals surface area contributed by atoms with Crippen molar-refractivity contribution in [2.75, 3.05) is 18.9 Å². The number of nitrogens with one attached hydrogen (secondary N) is 1. The number of carbonyl (C=O) groups excluding carboxylic acids is 2. The van der Waals surface area contributed by atoms with Gasteiger partial charge in [-0.2, -0.15) is 4.31 Å². The molecule has 0 spiro atoms. The van der Waals surface area contributed by atoms with Gasteiger partial charge in [0.15, 0.2) is 5.78 Å². The van der Waals surface area contributed by atoms with E-state index in [0.717, 1.165) is 8.87 Å². The smallest absolute Gasteiger partial charge is 0.325 e. The van der Waals surface area contributed by atoms with Crippen LogP contribution >= 0.6 is 0 Å². The van der Waals surface area contributed by atoms with E-state index in [1.807, 2.05) is 0 Å². The molecule has 1 N–H and O–H groups in total. The van der Waals surface area contributed by atoms with E-state index in [1.54, 1.807) is 18.2 Å². The largest absolute Gasteiger partial charge is 0.330 e. The van der Waals surface area contributed by atoms with Crippen molar-refractivity contribution < 1.29 is 18.0 Å². The number of hydrogen-bond donors (Lipinski definition) is 1. The fourth-order valence-electron chi connectivity index (χ4n) is 3.22. The van der Waals surface area contributed by atoms with E-state index in [-0.39, 0.29) is 16.1 Å². The lowest BCUT2D eigenvalue weighted by atomic mass is 10.1. The van der Waals surface area contributed by atoms with Crippen LogP contribution in [0.3, 0.4) is 0 Å². The van der Waals surface area contributed by atoms with E-state index < -0.39 is 33.7 Å². The van der Waals surface area contributed by atoms with E-state index >= 15 is 0 Å². The Morgan fingerprint density at radius 2 is 1.72 bits per heavy atom. The van der Waals surface area contributed by atoms with Gasteiger partial charge in [0.25, 0.3) is 5.56 Å². The lowest BCUT2D eigenvalue weighted by Gasteiger charge is -2.17. The van der Waals surface area contributed by atoms with Crippen molar-refractivity contribution in [2.24, 2.45) is 14.1 Å². The molecule has 0 bridgehead atoms. The van der Waals surface area contributed by atoms with Gasteiger partial charge in [0.05, 0.1) is 22.3 Å². The molecular weight excluding hydrogens is 436 g/mol. The Labute approximate surface area is 183 Å². The number of sulfonamides is 1. The summed E-state index contributed by atoms with van der Waals surface area (Å²) in [7, 11) is -0.0787. The van der Waals surface area contributed by atoms with Gasteiger partial charge in [-0.05, 0) is 37.3 Å². The number of fused-ring (bicyclic) bond motifs is 1. The van der Waals surface area contributed by atoms with Gasteiger partial charge in [0.2, 0.25) is 15.9 Å². The Kier molecular flexibility index (Phi) is 6.15. The molecule has 0 fully saturated rings. The number of aromatic nitrogens is 2. The number of anilines is 1. The van der Waals surface area contributed by atoms with Crippen LogP contribution in [0.25, 0.3) is 10.9 Å². The van der Waals surface area contributed by atoms with E-state index in [9.17, 15) is 27.6 Å². The van der Waals surface area contributed by atoms with Crippen molar-refractivity contribution in [1.29, 1.82) is 0 Å². The van der Waals surface area contributed by atoms with Crippen LogP contribution in [-0.4, -0.2) is 47.1 Å². The number of hydrogen-bond acceptors (Lipinski definition) is 6. The van der Waals surface area contributed by atoms with Crippen molar-refractivity contribution in [2.45, 2.75) is 11.8 Å². The lowest BCUT2D eigenvalue weighted by molar-refractivity contribution is -0.116. The molecule has 1 amide bonds. The fraction of sp³-hybridized carbons (Fsp3) is 0.238. The second-order valence-electron chi connectivity index (χ2n) is 7.33. The van der Waals surface area contributed by atoms with Crippen molar-refractivity contribution in [3.63, 3.8) is 0 Å². The molecule has 0 saturated heterocycles. The number of rotatable bonds is 6. The summed E-state index contributed by atoms with van der Waals surface area (Å²) in [6.07, 6.45) is 0. The molecule has 0 radical (unpaired) electrons. The summed E-state index contributed by atoms with van der Waals surface area (Å²) in [5.74, 6) is -0.767. The third kappa shape index (κ3) is 4.25. The predicted octanol–water partition coefficient (Wildman–Crippen LogP) is 0.699. The first-order valence-corrected chi connectivity index (χ1v) is 10.9. The first-order chi connectivity index (χ1) is 14.9. The number of nitrogens with zero attached hydrogens (tertiary/aromatic N) is 3. The van der Waals surface area contributed by atoms with Gasteiger partial charge in [-0.3, -0.25) is 23.5 Å². The molecule has 0 atom stereocenters. The second kappa shape index (κ2) is 8.52. The molecule has 3 aromatic rings. The van der Waals surface area contributed by atoms with Crippen LogP contribution in [0.15, 0.2) is 56.9 Å². The van der Waals surface area contributed by atoms with Gasteiger partial charge >= 0.3 is 5.69 Å². The zero-order chi connectivity index (χ0) is 23.8. The molecule has 2 aromatic carbocycles. The van der Waals surface area contributed by atoms with Crippen molar-refractivity contribution in [3.05, 3.63) is 68.9 Å². The summed E-state index contributed by atoms with van der Waals surface area (Å²) >= 11 is 0. The number of ketones is 1. The highest BCUT2D eigenvalue weighted by molar-refractivity contribution is 7.89. The van der Waals surface area contributed by atoms with Gasteiger partial charge in [-0.25, -0.2) is 13.2 Å². The average Bonchev–Trinajstić information content (AvgIpc) is 2.75. The molecule has 0 unspecified atom stereocenters. The summed E-state index contributed by atoms with van der Waals surface area (Å²) in [6, 6.07) is 10.1. The third-order valence-corrected chi connectivity index (χ3v) is 6.86. The zero-order valence-corrected chi connectivity index (χ0v) is 18.8. The zero-order valence-electron chi connectivity index (χ0n) is 17.9. The highest BCUT2D eigenvalue weighted by Gasteiger charge is 2.24. The first-order valence-electron chi connectivity index (χ1n) is 9.50. The number of amides is 1. The van der Waals surface area contributed by atoms with Crippen molar-refractivity contribution >= 4 is 38.3 Å². The summed E-state index contributed by atoms with van der Waals surface area (Å²) < 4.78 is 29.0. The summed E-state index contributed by atoms with van der Waals surface area (Å²) in [4.78, 5) is 48.2. The van der Waals surface area contributed by atoms with Crippen LogP contribution in [-0.2, 0) is 28.9 Å². The maximum atomic E-state index is 13.0. The molecule has 168 valence electrons. The molecule has 0 aliphatic heterocycles. The number of likely N-dealkylation sites (N-methyl/N-ethyl adjacent to an activating group) is 1. The van der Waals surface area contributed by atoms with Gasteiger partial charge in [-0.1, -0.05) is 12.1 Å². The van der Waals surface area contributed by atoms with Crippen molar-refractivity contribution in [1.82, 2.24) is 13.4 Å². The molecule has 11 heteroatoms. The standard InChI is InChI=1S/C21H22N4O6S/c1-13(26)14-6-5-7-15(10-14)22-19(27)12-23(2)32(30,31)16-8-9-18-17(11-16)20(28)25(4)21(29)24(18)3/h5-11H,12H2,1-4H3,(H,22,27). The molecule has 10 nitrogen and oxygen atoms in total. The minimum atomic E-state index is -4.11. The van der Waals surface area contributed by atoms with Crippen LogP contribution in [0.1, 0.15) is 17.3 Å². The minimum Gasteiger partial charge on any atom is -0.325 e. The average molecular weight is 458 g/mol. The molecular formula is C21H22N4O6S. The van der Waals surface area contributed by atoms with E-state index in [1.165, 1.54) is 56.9 Å². The fourth-order valence-corrected chi connectivity index (χ4v) is 4.37. The van der Waals surface area contributed by atoms with Gasteiger partial charge < -0.3 is 5.32 Å².